The van der Waals surface area contributed by atoms with Crippen molar-refractivity contribution in [1.29, 1.82) is 0 Å². The number of aromatic nitrogens is 3. The second-order valence-electron chi connectivity index (χ2n) is 18.7. The molecule has 0 bridgehead atoms. The van der Waals surface area contributed by atoms with Gasteiger partial charge >= 0.3 is 0 Å². The van der Waals surface area contributed by atoms with E-state index in [1.165, 1.54) is 99.1 Å². The third-order valence-electron chi connectivity index (χ3n) is 15.0. The van der Waals surface area contributed by atoms with Gasteiger partial charge in [-0.05, 0) is 131 Å². The van der Waals surface area contributed by atoms with Crippen LogP contribution in [-0.2, 0) is 10.8 Å². The van der Waals surface area contributed by atoms with Crippen LogP contribution in [0, 0.1) is 13.8 Å². The van der Waals surface area contributed by atoms with Gasteiger partial charge in [0.05, 0.1) is 5.41 Å². The molecule has 1 aromatic heterocycles. The summed E-state index contributed by atoms with van der Waals surface area (Å²) >= 11 is 0. The quantitative estimate of drug-likeness (QED) is 0.162. The smallest absolute Gasteiger partial charge is 0.164 e. The zero-order valence-corrected chi connectivity index (χ0v) is 37.4. The van der Waals surface area contributed by atoms with Crippen LogP contribution in [-0.4, -0.2) is 15.0 Å². The maximum atomic E-state index is 5.45. The van der Waals surface area contributed by atoms with Crippen LogP contribution < -0.4 is 0 Å². The Morgan fingerprint density at radius 1 is 0.333 bits per heavy atom. The third kappa shape index (κ3) is 5.40. The Morgan fingerprint density at radius 2 is 0.803 bits per heavy atom. The minimum absolute atomic E-state index is 0.232. The van der Waals surface area contributed by atoms with Crippen LogP contribution in [0.1, 0.15) is 58.4 Å². The van der Waals surface area contributed by atoms with E-state index < -0.39 is 5.41 Å². The summed E-state index contributed by atoms with van der Waals surface area (Å²) in [6.07, 6.45) is 0. The highest BCUT2D eigenvalue weighted by Gasteiger charge is 2.46. The van der Waals surface area contributed by atoms with Gasteiger partial charge in [-0.15, -0.1) is 0 Å². The minimum Gasteiger partial charge on any atom is -0.208 e. The summed E-state index contributed by atoms with van der Waals surface area (Å²) in [7, 11) is 0. The highest BCUT2D eigenvalue weighted by Crippen LogP contribution is 2.57. The zero-order chi connectivity index (χ0) is 44.3. The normalized spacial score (nSPS) is 14.0. The molecular formula is C63H45N3. The fourth-order valence-electron chi connectivity index (χ4n) is 11.8. The number of rotatable bonds is 5. The summed E-state index contributed by atoms with van der Waals surface area (Å²) in [5, 5.41) is 7.55. The first kappa shape index (κ1) is 38.4. The largest absolute Gasteiger partial charge is 0.208 e. The second kappa shape index (κ2) is 14.2. The van der Waals surface area contributed by atoms with Crippen LogP contribution in [0.25, 0.3) is 88.7 Å². The van der Waals surface area contributed by atoms with Gasteiger partial charge in [-0.3, -0.25) is 0 Å². The molecule has 3 nitrogen and oxygen atoms in total. The van der Waals surface area contributed by atoms with Crippen molar-refractivity contribution in [1.82, 2.24) is 15.0 Å². The molecule has 10 aromatic carbocycles. The van der Waals surface area contributed by atoms with E-state index in [4.69, 9.17) is 15.0 Å². The SMILES string of the molecule is Cc1c(C)c2cc(-c3nc(-c4ccc5c(c4)C(C)(C)c4c-5ccc5ccccc45)nc(-c4ccc5c(c4)C(c4ccccc4)(c4ccccc4)c4ccccc4-5)n3)ccc2c2ccccc12. The van der Waals surface area contributed by atoms with Crippen molar-refractivity contribution < 1.29 is 0 Å². The first-order valence-electron chi connectivity index (χ1n) is 23.0. The maximum Gasteiger partial charge on any atom is 0.164 e. The molecule has 13 rings (SSSR count). The standard InChI is InChI=1S/C63H45N3/c1-38-39(2)54-35-41(28-31-49(54)48-24-14-13-22-46(38)48)59-64-60(42-30-33-52-53-34-27-40-17-11-12-23-47(40)58(53)62(3,4)56(52)36-42)66-61(65-59)43-29-32-51-50-25-15-16-26-55(50)63(57(51)37-43,44-18-7-5-8-19-44)45-20-9-6-10-21-45/h5-37H,1-4H3. The fourth-order valence-corrected chi connectivity index (χ4v) is 11.8. The first-order valence-corrected chi connectivity index (χ1v) is 23.0. The van der Waals surface area contributed by atoms with E-state index in [0.717, 1.165) is 16.7 Å². The molecule has 0 unspecified atom stereocenters. The molecule has 0 saturated heterocycles. The van der Waals surface area contributed by atoms with Crippen LogP contribution in [0.2, 0.25) is 0 Å². The molecule has 0 radical (unpaired) electrons. The van der Waals surface area contributed by atoms with E-state index in [9.17, 15) is 0 Å². The molecule has 11 aromatic rings. The lowest BCUT2D eigenvalue weighted by Gasteiger charge is -2.34. The van der Waals surface area contributed by atoms with Gasteiger partial charge in [0.15, 0.2) is 17.5 Å². The lowest BCUT2D eigenvalue weighted by molar-refractivity contribution is 0.666. The van der Waals surface area contributed by atoms with Crippen molar-refractivity contribution in [3.8, 4) is 56.4 Å². The van der Waals surface area contributed by atoms with Gasteiger partial charge in [-0.25, -0.2) is 15.0 Å². The number of benzene rings is 10. The Bertz CT molecular complexity index is 3770. The summed E-state index contributed by atoms with van der Waals surface area (Å²) in [6.45, 7) is 9.18. The predicted octanol–water partition coefficient (Wildman–Crippen LogP) is 15.6. The Hall–Kier alpha value is -8.01. The lowest BCUT2D eigenvalue weighted by atomic mass is 9.67. The molecule has 0 spiro atoms. The molecule has 66 heavy (non-hydrogen) atoms. The van der Waals surface area contributed by atoms with Crippen molar-refractivity contribution in [2.45, 2.75) is 38.5 Å². The van der Waals surface area contributed by atoms with E-state index in [-0.39, 0.29) is 5.41 Å². The van der Waals surface area contributed by atoms with Crippen molar-refractivity contribution in [3.05, 3.63) is 245 Å². The number of fused-ring (bicyclic) bond motifs is 11. The van der Waals surface area contributed by atoms with E-state index in [1.54, 1.807) is 0 Å². The van der Waals surface area contributed by atoms with E-state index >= 15 is 0 Å². The van der Waals surface area contributed by atoms with E-state index in [1.807, 2.05) is 0 Å². The second-order valence-corrected chi connectivity index (χ2v) is 18.7. The topological polar surface area (TPSA) is 38.7 Å². The van der Waals surface area contributed by atoms with Crippen LogP contribution in [0.4, 0.5) is 0 Å². The number of aryl methyl sites for hydroxylation is 2. The van der Waals surface area contributed by atoms with Crippen molar-refractivity contribution in [2.75, 3.05) is 0 Å². The molecule has 2 aliphatic carbocycles. The summed E-state index contributed by atoms with van der Waals surface area (Å²) in [4.78, 5) is 16.3. The number of hydrogen-bond donors (Lipinski definition) is 0. The van der Waals surface area contributed by atoms with Crippen molar-refractivity contribution in [2.24, 2.45) is 0 Å². The van der Waals surface area contributed by atoms with Gasteiger partial charge in [-0.1, -0.05) is 196 Å². The van der Waals surface area contributed by atoms with Crippen molar-refractivity contribution >= 4 is 32.3 Å². The molecule has 312 valence electrons. The average Bonchev–Trinajstić information content (AvgIpc) is 3.80. The van der Waals surface area contributed by atoms with Gasteiger partial charge in [0.25, 0.3) is 0 Å². The summed E-state index contributed by atoms with van der Waals surface area (Å²) < 4.78 is 0. The fraction of sp³-hybridized carbons (Fsp3) is 0.0952. The monoisotopic (exact) mass is 843 g/mol. The van der Waals surface area contributed by atoms with Gasteiger partial charge in [-0.2, -0.15) is 0 Å². The number of hydrogen-bond acceptors (Lipinski definition) is 3. The summed E-state index contributed by atoms with van der Waals surface area (Å²) in [5.74, 6) is 1.95. The van der Waals surface area contributed by atoms with Gasteiger partial charge in [0, 0.05) is 22.1 Å². The predicted molar refractivity (Wildman–Crippen MR) is 273 cm³/mol. The Labute approximate surface area is 385 Å². The molecule has 0 saturated carbocycles. The average molecular weight is 844 g/mol. The van der Waals surface area contributed by atoms with Crippen LogP contribution >= 0.6 is 0 Å². The molecule has 0 amide bonds. The third-order valence-corrected chi connectivity index (χ3v) is 15.0. The Balaban J connectivity index is 1.04. The first-order chi connectivity index (χ1) is 32.3. The highest BCUT2D eigenvalue weighted by atomic mass is 15.0. The lowest BCUT2D eigenvalue weighted by Crippen LogP contribution is -2.28. The molecule has 1 heterocycles. The van der Waals surface area contributed by atoms with Crippen LogP contribution in [0.3, 0.4) is 0 Å². The molecule has 0 atom stereocenters. The van der Waals surface area contributed by atoms with Gasteiger partial charge < -0.3 is 0 Å². The molecule has 0 aliphatic heterocycles. The van der Waals surface area contributed by atoms with Crippen LogP contribution in [0.15, 0.2) is 200 Å². The molecule has 2 aliphatic rings. The van der Waals surface area contributed by atoms with Gasteiger partial charge in [0.2, 0.25) is 0 Å². The van der Waals surface area contributed by atoms with Gasteiger partial charge in [0.1, 0.15) is 0 Å². The van der Waals surface area contributed by atoms with Crippen molar-refractivity contribution in [3.63, 3.8) is 0 Å². The zero-order valence-electron chi connectivity index (χ0n) is 37.4. The molecule has 0 fully saturated rings. The van der Waals surface area contributed by atoms with E-state index in [2.05, 4.69) is 228 Å². The highest BCUT2D eigenvalue weighted by molar-refractivity contribution is 6.11. The molecule has 3 heteroatoms. The van der Waals surface area contributed by atoms with E-state index in [0.29, 0.717) is 17.5 Å². The minimum atomic E-state index is -0.551. The van der Waals surface area contributed by atoms with Crippen LogP contribution in [0.5, 0.6) is 0 Å². The Morgan fingerprint density at radius 3 is 1.48 bits per heavy atom. The Kier molecular flexibility index (Phi) is 8.30. The maximum absolute atomic E-state index is 5.45. The number of nitrogens with zero attached hydrogens (tertiary/aromatic N) is 3. The molecule has 0 N–H and O–H groups in total. The summed E-state index contributed by atoms with van der Waals surface area (Å²) in [5.41, 5.74) is 17.3. The summed E-state index contributed by atoms with van der Waals surface area (Å²) in [6, 6.07) is 73.3. The molecular weight excluding hydrogens is 799 g/mol.